The van der Waals surface area contributed by atoms with Crippen molar-refractivity contribution in [2.75, 3.05) is 13.1 Å². The van der Waals surface area contributed by atoms with E-state index in [1.165, 1.54) is 18.2 Å². The van der Waals surface area contributed by atoms with Gasteiger partial charge in [-0.3, -0.25) is 19.2 Å². The van der Waals surface area contributed by atoms with Crippen LogP contribution < -0.4 is 21.7 Å². The van der Waals surface area contributed by atoms with Crippen molar-refractivity contribution in [1.82, 2.24) is 20.9 Å². The molecule has 1 heterocycles. The van der Waals surface area contributed by atoms with Crippen LogP contribution in [-0.2, 0) is 19.2 Å². The quantitative estimate of drug-likeness (QED) is 0.0855. The highest BCUT2D eigenvalue weighted by Crippen LogP contribution is 2.34. The number of hydrogen-bond donors (Lipinski definition) is 4. The molecule has 1 aliphatic heterocycles. The number of Topliss-reactive ketones (excluding diaryl/α,β-unsaturated/α-hetero) is 1. The zero-order valence-electron chi connectivity index (χ0n) is 28.2. The number of carbonyl (C=O) groups is 5. The van der Waals surface area contributed by atoms with E-state index in [1.807, 2.05) is 27.7 Å². The summed E-state index contributed by atoms with van der Waals surface area (Å²) in [6, 6.07) is -2.95. The number of carbonyl (C=O) groups excluding carboxylic acids is 5. The third-order valence-corrected chi connectivity index (χ3v) is 6.94. The molecule has 1 rings (SSSR count). The summed E-state index contributed by atoms with van der Waals surface area (Å²) in [4.78, 5) is 61.1. The van der Waals surface area contributed by atoms with E-state index in [-0.39, 0.29) is 17.6 Å². The first-order chi connectivity index (χ1) is 20.4. The van der Waals surface area contributed by atoms with Gasteiger partial charge in [0.25, 0.3) is 0 Å². The molecule has 5 N–H and O–H groups in total. The van der Waals surface area contributed by atoms with Gasteiger partial charge in [-0.2, -0.15) is 0 Å². The van der Waals surface area contributed by atoms with Crippen LogP contribution in [0.5, 0.6) is 0 Å². The molecule has 1 fully saturated rings. The fourth-order valence-corrected chi connectivity index (χ4v) is 4.37. The van der Waals surface area contributed by atoms with Gasteiger partial charge < -0.3 is 26.6 Å². The molecule has 0 aromatic heterocycles. The van der Waals surface area contributed by atoms with Crippen LogP contribution in [0.25, 0.3) is 0 Å². The summed E-state index contributed by atoms with van der Waals surface area (Å²) in [6.07, 6.45) is 15.0. The van der Waals surface area contributed by atoms with Crippen LogP contribution in [0.2, 0.25) is 0 Å². The number of unbranched alkanes of at least 4 members (excludes halogenated alkanes) is 1. The fourth-order valence-electron chi connectivity index (χ4n) is 4.37. The van der Waals surface area contributed by atoms with Gasteiger partial charge in [-0.25, -0.2) is 4.79 Å². The maximum absolute atomic E-state index is 13.5. The number of hydrogen-bond acceptors (Lipinski definition) is 5. The normalized spacial score (nSPS) is 15.9. The van der Waals surface area contributed by atoms with Gasteiger partial charge in [0.1, 0.15) is 12.1 Å². The maximum atomic E-state index is 13.5. The molecule has 10 heteroatoms. The summed E-state index contributed by atoms with van der Waals surface area (Å²) in [5, 5.41) is 7.90. The lowest BCUT2D eigenvalue weighted by Crippen LogP contribution is -2.60. The van der Waals surface area contributed by atoms with Gasteiger partial charge in [-0.15, -0.1) is 18.9 Å². The van der Waals surface area contributed by atoms with Crippen LogP contribution in [-0.4, -0.2) is 66.2 Å². The number of nitrogens with one attached hydrogen (secondary N) is 3. The Kier molecular flexibility index (Phi) is 28.2. The lowest BCUT2D eigenvalue weighted by atomic mass is 9.75. The highest BCUT2D eigenvalue weighted by molar-refractivity contribution is 5.94. The van der Waals surface area contributed by atoms with Gasteiger partial charge in [-0.1, -0.05) is 73.8 Å². The van der Waals surface area contributed by atoms with E-state index in [9.17, 15) is 24.0 Å². The van der Waals surface area contributed by atoms with Crippen molar-refractivity contribution in [2.24, 2.45) is 11.1 Å². The summed E-state index contributed by atoms with van der Waals surface area (Å²) >= 11 is 0. The van der Waals surface area contributed by atoms with Crippen molar-refractivity contribution in [2.45, 2.75) is 138 Å². The van der Waals surface area contributed by atoms with Crippen LogP contribution in [0.3, 0.4) is 0 Å². The molecule has 1 aliphatic rings. The van der Waals surface area contributed by atoms with Crippen LogP contribution in [0, 0.1) is 17.8 Å². The molecule has 1 saturated heterocycles. The van der Waals surface area contributed by atoms with E-state index in [0.717, 1.165) is 25.7 Å². The van der Waals surface area contributed by atoms with Gasteiger partial charge in [-0.05, 0) is 50.9 Å². The molecule has 0 spiro atoms. The number of likely N-dealkylation sites (tertiary alicyclic amines) is 1. The van der Waals surface area contributed by atoms with Crippen LogP contribution in [0.4, 0.5) is 4.79 Å². The first kappa shape index (κ1) is 44.1. The summed E-state index contributed by atoms with van der Waals surface area (Å²) < 4.78 is 0. The highest BCUT2D eigenvalue weighted by Gasteiger charge is 2.44. The number of primary amides is 1. The average molecular weight is 608 g/mol. The number of ketones is 1. The summed E-state index contributed by atoms with van der Waals surface area (Å²) in [7, 11) is 0. The van der Waals surface area contributed by atoms with Crippen molar-refractivity contribution in [3.05, 3.63) is 12.7 Å². The predicted molar refractivity (Wildman–Crippen MR) is 176 cm³/mol. The second-order valence-electron chi connectivity index (χ2n) is 10.5. The first-order valence-electron chi connectivity index (χ1n) is 15.8. The number of terminal acetylenes is 1. The molecule has 4 atom stereocenters. The van der Waals surface area contributed by atoms with Crippen molar-refractivity contribution in [1.29, 1.82) is 0 Å². The number of nitrogens with two attached hydrogens (primary N) is 1. The summed E-state index contributed by atoms with van der Waals surface area (Å²) in [5.41, 5.74) is 4.91. The standard InChI is InChI=1S/C23H38N4O4.C5H9NO.C3H8.C2H6/c1-6-9-12-17(16(4)28)25-20(29)18-13-11-15-27(18)21(30)19(26-22(24)31)23(5,8-3)14-10-7-2;1-2-3-4-6-5-7;1-3-2;1-2/h1,17-19H,7-15H2,2-5H3,(H,25,29)(H3,24,26,31);2,5H,1,3-4H2,(H,6,7);3H2,1-2H3;1-2H3. The van der Waals surface area contributed by atoms with Crippen LogP contribution in [0.1, 0.15) is 120 Å². The van der Waals surface area contributed by atoms with Crippen molar-refractivity contribution in [3.8, 4) is 12.3 Å². The number of urea groups is 1. The molecular formula is C33H61N5O5. The predicted octanol–water partition coefficient (Wildman–Crippen LogP) is 4.86. The number of amides is 5. The minimum Gasteiger partial charge on any atom is -0.358 e. The van der Waals surface area contributed by atoms with Crippen molar-refractivity contribution in [3.63, 3.8) is 0 Å². The Bertz CT molecular complexity index is 849. The largest absolute Gasteiger partial charge is 0.358 e. The van der Waals surface area contributed by atoms with Gasteiger partial charge >= 0.3 is 6.03 Å². The Morgan fingerprint density at radius 2 is 1.77 bits per heavy atom. The topological polar surface area (TPSA) is 151 Å². The third-order valence-electron chi connectivity index (χ3n) is 6.94. The van der Waals surface area contributed by atoms with Crippen molar-refractivity contribution < 1.29 is 24.0 Å². The lowest BCUT2D eigenvalue weighted by molar-refractivity contribution is -0.143. The Balaban J connectivity index is -0.00000113. The zero-order chi connectivity index (χ0) is 33.8. The lowest BCUT2D eigenvalue weighted by Gasteiger charge is -2.39. The molecule has 5 amide bonds. The van der Waals surface area contributed by atoms with Crippen molar-refractivity contribution >= 4 is 30.0 Å². The number of rotatable bonds is 16. The molecule has 4 unspecified atom stereocenters. The molecule has 0 aromatic carbocycles. The van der Waals surface area contributed by atoms with Gasteiger partial charge in [0.05, 0.1) is 6.04 Å². The van der Waals surface area contributed by atoms with Gasteiger partial charge in [0, 0.05) is 19.5 Å². The molecule has 0 saturated carbocycles. The molecule has 248 valence electrons. The average Bonchev–Trinajstić information content (AvgIpc) is 3.48. The highest BCUT2D eigenvalue weighted by atomic mass is 16.2. The monoisotopic (exact) mass is 607 g/mol. The van der Waals surface area contributed by atoms with E-state index in [2.05, 4.69) is 49.2 Å². The molecule has 0 aliphatic carbocycles. The summed E-state index contributed by atoms with van der Waals surface area (Å²) in [6.45, 7) is 20.3. The Morgan fingerprint density at radius 1 is 1.16 bits per heavy atom. The molecule has 43 heavy (non-hydrogen) atoms. The Morgan fingerprint density at radius 3 is 2.21 bits per heavy atom. The van der Waals surface area contributed by atoms with E-state index < -0.39 is 29.6 Å². The zero-order valence-corrected chi connectivity index (χ0v) is 28.2. The molecular weight excluding hydrogens is 546 g/mol. The van der Waals surface area contributed by atoms with E-state index in [0.29, 0.717) is 51.6 Å². The first-order valence-corrected chi connectivity index (χ1v) is 15.8. The van der Waals surface area contributed by atoms with Crippen LogP contribution >= 0.6 is 0 Å². The fraction of sp³-hybridized carbons (Fsp3) is 0.727. The van der Waals surface area contributed by atoms with E-state index in [1.54, 1.807) is 6.08 Å². The smallest absolute Gasteiger partial charge is 0.312 e. The Hall–Kier alpha value is -3.35. The second kappa shape index (κ2) is 27.5. The molecule has 0 radical (unpaired) electrons. The Labute approximate surface area is 261 Å². The molecule has 0 bridgehead atoms. The van der Waals surface area contributed by atoms with Gasteiger partial charge in [0.15, 0.2) is 5.78 Å². The third kappa shape index (κ3) is 18.7. The van der Waals surface area contributed by atoms with E-state index >= 15 is 0 Å². The SMILES string of the molecule is C#CCCC(NC(=O)C1CCCN1C(=O)C(NC(N)=O)C(C)(CC)CCCC)C(C)=O.C=CCCNC=O.CC.CCC. The molecule has 10 nitrogen and oxygen atoms in total. The van der Waals surface area contributed by atoms with Gasteiger partial charge in [0.2, 0.25) is 18.2 Å². The minimum atomic E-state index is -0.819. The summed E-state index contributed by atoms with van der Waals surface area (Å²) in [5.74, 6) is 1.63. The molecule has 0 aromatic rings. The second-order valence-corrected chi connectivity index (χ2v) is 10.5. The maximum Gasteiger partial charge on any atom is 0.312 e. The van der Waals surface area contributed by atoms with Crippen LogP contribution in [0.15, 0.2) is 12.7 Å². The minimum absolute atomic E-state index is 0.175. The van der Waals surface area contributed by atoms with E-state index in [4.69, 9.17) is 12.2 Å². The number of nitrogens with zero attached hydrogens (tertiary/aromatic N) is 1.